The summed E-state index contributed by atoms with van der Waals surface area (Å²) < 4.78 is 29.1. The number of halogens is 2. The van der Waals surface area contributed by atoms with Gasteiger partial charge in [-0.05, 0) is 31.2 Å². The summed E-state index contributed by atoms with van der Waals surface area (Å²) in [5, 5.41) is 3.12. The summed E-state index contributed by atoms with van der Waals surface area (Å²) in [5.41, 5.74) is 1.16. The Hall–Kier alpha value is -1.68. The molecule has 0 saturated carbocycles. The van der Waals surface area contributed by atoms with Crippen molar-refractivity contribution in [3.63, 3.8) is 0 Å². The van der Waals surface area contributed by atoms with Crippen LogP contribution in [0.15, 0.2) is 36.5 Å². The summed E-state index contributed by atoms with van der Waals surface area (Å²) in [5.74, 6) is -1.02. The summed E-state index contributed by atoms with van der Waals surface area (Å²) in [7, 11) is 1.94. The van der Waals surface area contributed by atoms with Gasteiger partial charge in [-0.15, -0.1) is 0 Å². The van der Waals surface area contributed by atoms with Crippen LogP contribution < -0.4 is 5.32 Å². The van der Waals surface area contributed by atoms with Crippen molar-refractivity contribution in [2.75, 3.05) is 0 Å². The van der Waals surface area contributed by atoms with Gasteiger partial charge in [0, 0.05) is 37.1 Å². The monoisotopic (exact) mass is 250 g/mol. The molecule has 0 fully saturated rings. The number of hydrogen-bond acceptors (Lipinski definition) is 1. The first-order valence-corrected chi connectivity index (χ1v) is 5.87. The number of nitrogens with one attached hydrogen (secondary N) is 1. The standard InChI is InChI=1S/C14H16F2N2/c1-10(14-12(15)6-3-7-13(14)16)17-9-11-5-4-8-18(11)2/h3-8,10,17H,9H2,1-2H3. The van der Waals surface area contributed by atoms with Crippen LogP contribution in [0.5, 0.6) is 0 Å². The molecule has 2 nitrogen and oxygen atoms in total. The summed E-state index contributed by atoms with van der Waals surface area (Å²) in [6, 6.07) is 7.46. The van der Waals surface area contributed by atoms with E-state index in [9.17, 15) is 8.78 Å². The van der Waals surface area contributed by atoms with Crippen molar-refractivity contribution in [3.05, 3.63) is 59.4 Å². The molecule has 0 spiro atoms. The molecular formula is C14H16F2N2. The van der Waals surface area contributed by atoms with Crippen LogP contribution in [0.1, 0.15) is 24.2 Å². The van der Waals surface area contributed by atoms with Crippen LogP contribution in [0, 0.1) is 11.6 Å². The Balaban J connectivity index is 2.08. The predicted molar refractivity (Wildman–Crippen MR) is 67.0 cm³/mol. The number of aromatic nitrogens is 1. The van der Waals surface area contributed by atoms with Crippen LogP contribution >= 0.6 is 0 Å². The highest BCUT2D eigenvalue weighted by molar-refractivity contribution is 5.23. The lowest BCUT2D eigenvalue weighted by molar-refractivity contribution is 0.482. The second-order valence-corrected chi connectivity index (χ2v) is 4.35. The Labute approximate surface area is 105 Å². The zero-order valence-electron chi connectivity index (χ0n) is 10.5. The summed E-state index contributed by atoms with van der Waals surface area (Å²) in [4.78, 5) is 0. The van der Waals surface area contributed by atoms with E-state index in [-0.39, 0.29) is 11.6 Å². The first kappa shape index (κ1) is 12.8. The Kier molecular flexibility index (Phi) is 3.77. The van der Waals surface area contributed by atoms with Gasteiger partial charge in [0.05, 0.1) is 0 Å². The maximum absolute atomic E-state index is 13.6. The number of nitrogens with zero attached hydrogens (tertiary/aromatic N) is 1. The maximum Gasteiger partial charge on any atom is 0.130 e. The van der Waals surface area contributed by atoms with Gasteiger partial charge >= 0.3 is 0 Å². The van der Waals surface area contributed by atoms with E-state index in [2.05, 4.69) is 5.32 Å². The van der Waals surface area contributed by atoms with Crippen molar-refractivity contribution >= 4 is 0 Å². The van der Waals surface area contributed by atoms with E-state index in [4.69, 9.17) is 0 Å². The highest BCUT2D eigenvalue weighted by atomic mass is 19.1. The molecule has 1 unspecified atom stereocenters. The molecule has 0 amide bonds. The summed E-state index contributed by atoms with van der Waals surface area (Å²) in [6.07, 6.45) is 1.94. The van der Waals surface area contributed by atoms with Crippen LogP contribution in [-0.2, 0) is 13.6 Å². The minimum Gasteiger partial charge on any atom is -0.353 e. The molecular weight excluding hydrogens is 234 g/mol. The maximum atomic E-state index is 13.6. The molecule has 0 aliphatic rings. The van der Waals surface area contributed by atoms with E-state index < -0.39 is 11.6 Å². The Morgan fingerprint density at radius 2 is 1.83 bits per heavy atom. The van der Waals surface area contributed by atoms with E-state index in [0.717, 1.165) is 5.69 Å². The quantitative estimate of drug-likeness (QED) is 0.882. The Morgan fingerprint density at radius 3 is 2.39 bits per heavy atom. The molecule has 0 bridgehead atoms. The Morgan fingerprint density at radius 1 is 1.17 bits per heavy atom. The number of aryl methyl sites for hydroxylation is 1. The molecule has 1 aromatic heterocycles. The lowest BCUT2D eigenvalue weighted by Gasteiger charge is -2.16. The van der Waals surface area contributed by atoms with Crippen molar-refractivity contribution < 1.29 is 8.78 Å². The second-order valence-electron chi connectivity index (χ2n) is 4.35. The third kappa shape index (κ3) is 2.59. The second kappa shape index (κ2) is 5.31. The van der Waals surface area contributed by atoms with Gasteiger partial charge in [-0.3, -0.25) is 0 Å². The number of hydrogen-bond donors (Lipinski definition) is 1. The molecule has 0 saturated heterocycles. The van der Waals surface area contributed by atoms with Crippen molar-refractivity contribution in [2.45, 2.75) is 19.5 Å². The normalized spacial score (nSPS) is 12.7. The van der Waals surface area contributed by atoms with Crippen LogP contribution in [0.2, 0.25) is 0 Å². The van der Waals surface area contributed by atoms with Crippen molar-refractivity contribution in [1.29, 1.82) is 0 Å². The average molecular weight is 250 g/mol. The van der Waals surface area contributed by atoms with Crippen molar-refractivity contribution in [2.24, 2.45) is 7.05 Å². The number of rotatable bonds is 4. The summed E-state index contributed by atoms with van der Waals surface area (Å²) >= 11 is 0. The highest BCUT2D eigenvalue weighted by Crippen LogP contribution is 2.20. The molecule has 0 aliphatic carbocycles. The minimum atomic E-state index is -0.512. The van der Waals surface area contributed by atoms with E-state index in [1.165, 1.54) is 18.2 Å². The van der Waals surface area contributed by atoms with Crippen LogP contribution in [0.25, 0.3) is 0 Å². The van der Waals surface area contributed by atoms with Gasteiger partial charge in [-0.2, -0.15) is 0 Å². The first-order chi connectivity index (χ1) is 8.59. The third-order valence-corrected chi connectivity index (χ3v) is 3.07. The lowest BCUT2D eigenvalue weighted by atomic mass is 10.1. The lowest BCUT2D eigenvalue weighted by Crippen LogP contribution is -2.21. The van der Waals surface area contributed by atoms with Gasteiger partial charge in [0.1, 0.15) is 11.6 Å². The third-order valence-electron chi connectivity index (χ3n) is 3.07. The molecule has 1 N–H and O–H groups in total. The van der Waals surface area contributed by atoms with Crippen LogP contribution in [0.4, 0.5) is 8.78 Å². The molecule has 4 heteroatoms. The van der Waals surface area contributed by atoms with Gasteiger partial charge in [-0.25, -0.2) is 8.78 Å². The average Bonchev–Trinajstić information content (AvgIpc) is 2.72. The molecule has 2 rings (SSSR count). The molecule has 1 atom stereocenters. The minimum absolute atomic E-state index is 0.0895. The molecule has 96 valence electrons. The van der Waals surface area contributed by atoms with Gasteiger partial charge in [-0.1, -0.05) is 6.07 Å². The molecule has 18 heavy (non-hydrogen) atoms. The Bertz CT molecular complexity index is 514. The molecule has 2 aromatic rings. The fourth-order valence-electron chi connectivity index (χ4n) is 1.96. The number of benzene rings is 1. The SMILES string of the molecule is CC(NCc1cccn1C)c1c(F)cccc1F. The van der Waals surface area contributed by atoms with Crippen LogP contribution in [0.3, 0.4) is 0 Å². The largest absolute Gasteiger partial charge is 0.353 e. The van der Waals surface area contributed by atoms with Crippen molar-refractivity contribution in [1.82, 2.24) is 9.88 Å². The van der Waals surface area contributed by atoms with E-state index in [1.807, 2.05) is 29.9 Å². The molecule has 1 aromatic carbocycles. The fourth-order valence-corrected chi connectivity index (χ4v) is 1.96. The van der Waals surface area contributed by atoms with Gasteiger partial charge in [0.2, 0.25) is 0 Å². The molecule has 0 aliphatic heterocycles. The van der Waals surface area contributed by atoms with Gasteiger partial charge < -0.3 is 9.88 Å². The highest BCUT2D eigenvalue weighted by Gasteiger charge is 2.15. The predicted octanol–water partition coefficient (Wildman–Crippen LogP) is 3.15. The fraction of sp³-hybridized carbons (Fsp3) is 0.286. The van der Waals surface area contributed by atoms with E-state index in [0.29, 0.717) is 6.54 Å². The zero-order chi connectivity index (χ0) is 13.1. The van der Waals surface area contributed by atoms with Gasteiger partial charge in [0.25, 0.3) is 0 Å². The zero-order valence-corrected chi connectivity index (χ0v) is 10.5. The van der Waals surface area contributed by atoms with Crippen molar-refractivity contribution in [3.8, 4) is 0 Å². The van der Waals surface area contributed by atoms with E-state index >= 15 is 0 Å². The summed E-state index contributed by atoms with van der Waals surface area (Å²) in [6.45, 7) is 2.32. The van der Waals surface area contributed by atoms with Gasteiger partial charge in [0.15, 0.2) is 0 Å². The molecule has 1 heterocycles. The topological polar surface area (TPSA) is 17.0 Å². The smallest absolute Gasteiger partial charge is 0.130 e. The first-order valence-electron chi connectivity index (χ1n) is 5.87. The van der Waals surface area contributed by atoms with E-state index in [1.54, 1.807) is 6.92 Å². The van der Waals surface area contributed by atoms with Crippen LogP contribution in [-0.4, -0.2) is 4.57 Å². The molecule has 0 radical (unpaired) electrons.